The Balaban J connectivity index is 3.27. The van der Waals surface area contributed by atoms with Gasteiger partial charge in [-0.2, -0.15) is 0 Å². The zero-order valence-corrected chi connectivity index (χ0v) is 11.4. The number of nitrogens with zero attached hydrogens (tertiary/aromatic N) is 1. The van der Waals surface area contributed by atoms with Crippen LogP contribution in [0, 0.1) is 0 Å². The Labute approximate surface area is 103 Å². The van der Waals surface area contributed by atoms with Crippen molar-refractivity contribution < 1.29 is 14.2 Å². The van der Waals surface area contributed by atoms with Crippen molar-refractivity contribution in [3.63, 3.8) is 0 Å². The van der Waals surface area contributed by atoms with E-state index in [1.165, 1.54) is 0 Å². The van der Waals surface area contributed by atoms with Gasteiger partial charge in [-0.05, 0) is 13.8 Å². The van der Waals surface area contributed by atoms with E-state index < -0.39 is 0 Å². The van der Waals surface area contributed by atoms with Gasteiger partial charge in [0.15, 0.2) is 11.5 Å². The molecule has 0 heterocycles. The van der Waals surface area contributed by atoms with Gasteiger partial charge in [0.25, 0.3) is 0 Å². The molecule has 0 N–H and O–H groups in total. The highest BCUT2D eigenvalue weighted by atomic mass is 16.5. The Bertz CT molecular complexity index is 352. The number of hydrogen-bond donors (Lipinski definition) is 0. The smallest absolute Gasteiger partial charge is 0.203 e. The number of rotatable bonds is 5. The predicted molar refractivity (Wildman–Crippen MR) is 69.6 cm³/mol. The third kappa shape index (κ3) is 2.75. The lowest BCUT2D eigenvalue weighted by atomic mass is 10.2. The summed E-state index contributed by atoms with van der Waals surface area (Å²) in [6.45, 7) is 4.26. The fourth-order valence-corrected chi connectivity index (χ4v) is 1.57. The van der Waals surface area contributed by atoms with Crippen LogP contribution >= 0.6 is 0 Å². The first-order chi connectivity index (χ1) is 8.04. The van der Waals surface area contributed by atoms with Gasteiger partial charge in [-0.3, -0.25) is 0 Å². The average Bonchev–Trinajstić information content (AvgIpc) is 2.35. The second kappa shape index (κ2) is 5.66. The van der Waals surface area contributed by atoms with E-state index in [0.29, 0.717) is 23.3 Å². The van der Waals surface area contributed by atoms with Crippen molar-refractivity contribution in [1.29, 1.82) is 0 Å². The zero-order valence-electron chi connectivity index (χ0n) is 11.4. The second-order valence-corrected chi connectivity index (χ2v) is 4.09. The number of anilines is 1. The Morgan fingerprint density at radius 1 is 0.941 bits per heavy atom. The van der Waals surface area contributed by atoms with Crippen molar-refractivity contribution in [3.05, 3.63) is 12.1 Å². The molecule has 4 nitrogen and oxygen atoms in total. The lowest BCUT2D eigenvalue weighted by molar-refractivity contribution is 0.324. The highest BCUT2D eigenvalue weighted by Gasteiger charge is 2.15. The first-order valence-corrected chi connectivity index (χ1v) is 5.58. The number of hydrogen-bond acceptors (Lipinski definition) is 4. The molecule has 17 heavy (non-hydrogen) atoms. The summed E-state index contributed by atoms with van der Waals surface area (Å²) in [6.07, 6.45) is 0. The van der Waals surface area contributed by atoms with Crippen molar-refractivity contribution in [2.24, 2.45) is 0 Å². The van der Waals surface area contributed by atoms with Crippen LogP contribution < -0.4 is 19.1 Å². The lowest BCUT2D eigenvalue weighted by Crippen LogP contribution is -2.25. The van der Waals surface area contributed by atoms with E-state index in [-0.39, 0.29) is 0 Å². The number of ether oxygens (including phenoxy) is 3. The summed E-state index contributed by atoms with van der Waals surface area (Å²) in [5.41, 5.74) is 1.04. The van der Waals surface area contributed by atoms with Crippen LogP contribution in [0.3, 0.4) is 0 Å². The molecule has 96 valence electrons. The van der Waals surface area contributed by atoms with E-state index >= 15 is 0 Å². The maximum Gasteiger partial charge on any atom is 0.203 e. The molecule has 0 bridgehead atoms. The monoisotopic (exact) mass is 239 g/mol. The maximum absolute atomic E-state index is 5.32. The van der Waals surface area contributed by atoms with Crippen LogP contribution in [0.15, 0.2) is 12.1 Å². The van der Waals surface area contributed by atoms with Crippen LogP contribution in [0.5, 0.6) is 17.2 Å². The Morgan fingerprint density at radius 2 is 1.41 bits per heavy atom. The Kier molecular flexibility index (Phi) is 4.49. The third-order valence-electron chi connectivity index (χ3n) is 2.83. The van der Waals surface area contributed by atoms with E-state index in [0.717, 1.165) is 5.69 Å². The molecule has 1 aromatic carbocycles. The molecule has 1 rings (SSSR count). The van der Waals surface area contributed by atoms with E-state index in [2.05, 4.69) is 18.7 Å². The fourth-order valence-electron chi connectivity index (χ4n) is 1.57. The summed E-state index contributed by atoms with van der Waals surface area (Å²) >= 11 is 0. The van der Waals surface area contributed by atoms with E-state index in [4.69, 9.17) is 14.2 Å². The van der Waals surface area contributed by atoms with Gasteiger partial charge in [0.2, 0.25) is 5.75 Å². The molecule has 0 saturated carbocycles. The molecule has 0 unspecified atom stereocenters. The molecule has 0 aliphatic carbocycles. The molecular formula is C13H21NO3. The molecule has 4 heteroatoms. The summed E-state index contributed by atoms with van der Waals surface area (Å²) in [4.78, 5) is 2.14. The molecular weight excluding hydrogens is 218 g/mol. The minimum absolute atomic E-state index is 0.401. The van der Waals surface area contributed by atoms with Crippen LogP contribution in [0.4, 0.5) is 5.69 Å². The largest absolute Gasteiger partial charge is 0.493 e. The summed E-state index contributed by atoms with van der Waals surface area (Å²) in [6, 6.07) is 4.29. The Morgan fingerprint density at radius 3 is 1.71 bits per heavy atom. The molecule has 0 aromatic heterocycles. The van der Waals surface area contributed by atoms with E-state index in [9.17, 15) is 0 Å². The van der Waals surface area contributed by atoms with Gasteiger partial charge < -0.3 is 19.1 Å². The topological polar surface area (TPSA) is 30.9 Å². The fraction of sp³-hybridized carbons (Fsp3) is 0.538. The van der Waals surface area contributed by atoms with Gasteiger partial charge in [-0.15, -0.1) is 0 Å². The summed E-state index contributed by atoms with van der Waals surface area (Å²) in [5.74, 6) is 1.97. The van der Waals surface area contributed by atoms with E-state index in [1.54, 1.807) is 21.3 Å². The van der Waals surface area contributed by atoms with Gasteiger partial charge >= 0.3 is 0 Å². The first-order valence-electron chi connectivity index (χ1n) is 5.58. The molecule has 0 fully saturated rings. The molecule has 0 saturated heterocycles. The third-order valence-corrected chi connectivity index (χ3v) is 2.83. The predicted octanol–water partition coefficient (Wildman–Crippen LogP) is 2.56. The SMILES string of the molecule is COc1cc(N(C)C(C)C)cc(OC)c1OC. The summed E-state index contributed by atoms with van der Waals surface area (Å²) in [5, 5.41) is 0. The molecule has 0 aliphatic rings. The summed E-state index contributed by atoms with van der Waals surface area (Å²) in [7, 11) is 6.88. The first kappa shape index (κ1) is 13.5. The van der Waals surface area contributed by atoms with Crippen molar-refractivity contribution in [1.82, 2.24) is 0 Å². The molecule has 0 radical (unpaired) electrons. The molecule has 1 aromatic rings. The number of benzene rings is 1. The van der Waals surface area contributed by atoms with Crippen LogP contribution in [0.1, 0.15) is 13.8 Å². The van der Waals surface area contributed by atoms with Gasteiger partial charge in [-0.25, -0.2) is 0 Å². The molecule has 0 aliphatic heterocycles. The van der Waals surface area contributed by atoms with Gasteiger partial charge in [0, 0.05) is 30.9 Å². The molecule has 0 atom stereocenters. The van der Waals surface area contributed by atoms with Crippen molar-refractivity contribution in [2.75, 3.05) is 33.3 Å². The van der Waals surface area contributed by atoms with E-state index in [1.807, 2.05) is 19.2 Å². The van der Waals surface area contributed by atoms with Gasteiger partial charge in [-0.1, -0.05) is 0 Å². The zero-order chi connectivity index (χ0) is 13.0. The summed E-state index contributed by atoms with van der Waals surface area (Å²) < 4.78 is 15.9. The highest BCUT2D eigenvalue weighted by Crippen LogP contribution is 2.41. The maximum atomic E-state index is 5.32. The van der Waals surface area contributed by atoms with Gasteiger partial charge in [0.1, 0.15) is 0 Å². The van der Waals surface area contributed by atoms with Crippen molar-refractivity contribution in [2.45, 2.75) is 19.9 Å². The van der Waals surface area contributed by atoms with Crippen LogP contribution in [-0.4, -0.2) is 34.4 Å². The highest BCUT2D eigenvalue weighted by molar-refractivity contribution is 5.63. The minimum atomic E-state index is 0.401. The second-order valence-electron chi connectivity index (χ2n) is 4.09. The number of methoxy groups -OCH3 is 3. The standard InChI is InChI=1S/C13H21NO3/c1-9(2)14(3)10-7-11(15-4)13(17-6)12(8-10)16-5/h7-9H,1-6H3. The van der Waals surface area contributed by atoms with Gasteiger partial charge in [0.05, 0.1) is 21.3 Å². The van der Waals surface area contributed by atoms with Crippen LogP contribution in [-0.2, 0) is 0 Å². The quantitative estimate of drug-likeness (QED) is 0.790. The van der Waals surface area contributed by atoms with Crippen molar-refractivity contribution in [3.8, 4) is 17.2 Å². The average molecular weight is 239 g/mol. The molecule has 0 amide bonds. The minimum Gasteiger partial charge on any atom is -0.493 e. The molecule has 0 spiro atoms. The normalized spacial score (nSPS) is 10.3. The Hall–Kier alpha value is -1.58. The van der Waals surface area contributed by atoms with Crippen molar-refractivity contribution >= 4 is 5.69 Å². The lowest BCUT2D eigenvalue weighted by Gasteiger charge is -2.25. The van der Waals surface area contributed by atoms with Crippen LogP contribution in [0.2, 0.25) is 0 Å². The van der Waals surface area contributed by atoms with Crippen LogP contribution in [0.25, 0.3) is 0 Å².